The van der Waals surface area contributed by atoms with Crippen LogP contribution in [0.3, 0.4) is 0 Å². The van der Waals surface area contributed by atoms with E-state index in [1.54, 1.807) is 35.8 Å². The summed E-state index contributed by atoms with van der Waals surface area (Å²) in [5.74, 6) is 0.935. The van der Waals surface area contributed by atoms with Gasteiger partial charge in [-0.2, -0.15) is 23.3 Å². The molecular formula is C21H23F3N8O. The normalized spacial score (nSPS) is 16.9. The predicted octanol–water partition coefficient (Wildman–Crippen LogP) is 3.39. The summed E-state index contributed by atoms with van der Waals surface area (Å²) in [5, 5.41) is 10.4. The van der Waals surface area contributed by atoms with E-state index in [1.807, 2.05) is 14.0 Å². The molecule has 33 heavy (non-hydrogen) atoms. The number of pyridine rings is 1. The third-order valence-electron chi connectivity index (χ3n) is 5.57. The van der Waals surface area contributed by atoms with Gasteiger partial charge in [0, 0.05) is 25.0 Å². The molecule has 3 aromatic rings. The Hall–Kier alpha value is -3.70. The summed E-state index contributed by atoms with van der Waals surface area (Å²) in [6.45, 7) is 5.81. The molecule has 0 bridgehead atoms. The molecule has 0 radical (unpaired) electrons. The summed E-state index contributed by atoms with van der Waals surface area (Å²) in [4.78, 5) is 26.4. The molecule has 0 saturated carbocycles. The predicted molar refractivity (Wildman–Crippen MR) is 116 cm³/mol. The van der Waals surface area contributed by atoms with Crippen molar-refractivity contribution in [3.63, 3.8) is 0 Å². The number of fused-ring (bicyclic) bond motifs is 1. The van der Waals surface area contributed by atoms with Crippen molar-refractivity contribution in [2.24, 2.45) is 0 Å². The third kappa shape index (κ3) is 4.59. The highest BCUT2D eigenvalue weighted by Gasteiger charge is 2.32. The van der Waals surface area contributed by atoms with Gasteiger partial charge in [-0.1, -0.05) is 6.07 Å². The van der Waals surface area contributed by atoms with E-state index in [9.17, 15) is 18.0 Å². The largest absolute Gasteiger partial charge is 0.433 e. The number of amides is 1. The molecule has 1 aliphatic heterocycles. The van der Waals surface area contributed by atoms with Crippen LogP contribution in [0.25, 0.3) is 0 Å². The summed E-state index contributed by atoms with van der Waals surface area (Å²) in [6.07, 6.45) is 0.212. The molecule has 1 amide bonds. The Balaban J connectivity index is 1.47. The number of halogens is 3. The molecule has 174 valence electrons. The van der Waals surface area contributed by atoms with Crippen molar-refractivity contribution in [2.45, 2.75) is 45.6 Å². The average molecular weight is 460 g/mol. The Kier molecular flexibility index (Phi) is 5.68. The lowest BCUT2D eigenvalue weighted by Gasteiger charge is -2.32. The van der Waals surface area contributed by atoms with Crippen LogP contribution < -0.4 is 15.5 Å². The highest BCUT2D eigenvalue weighted by atomic mass is 19.4. The van der Waals surface area contributed by atoms with E-state index in [0.29, 0.717) is 28.7 Å². The maximum Gasteiger partial charge on any atom is 0.433 e. The molecule has 4 heterocycles. The van der Waals surface area contributed by atoms with Gasteiger partial charge in [0.2, 0.25) is 11.9 Å². The van der Waals surface area contributed by atoms with Gasteiger partial charge >= 0.3 is 6.18 Å². The molecular weight excluding hydrogens is 437 g/mol. The topological polar surface area (TPSA) is 101 Å². The van der Waals surface area contributed by atoms with Gasteiger partial charge in [-0.15, -0.1) is 0 Å². The summed E-state index contributed by atoms with van der Waals surface area (Å²) < 4.78 is 39.7. The molecule has 0 aliphatic carbocycles. The van der Waals surface area contributed by atoms with E-state index >= 15 is 0 Å². The van der Waals surface area contributed by atoms with Crippen LogP contribution in [0.4, 0.5) is 30.6 Å². The molecule has 0 fully saturated rings. The van der Waals surface area contributed by atoms with E-state index in [2.05, 4.69) is 30.7 Å². The van der Waals surface area contributed by atoms with Crippen molar-refractivity contribution in [3.05, 3.63) is 53.2 Å². The fraction of sp³-hybridized carbons (Fsp3) is 0.381. The Morgan fingerprint density at radius 2 is 2.00 bits per heavy atom. The molecule has 3 aromatic heterocycles. The monoisotopic (exact) mass is 460 g/mol. The zero-order valence-corrected chi connectivity index (χ0v) is 18.5. The van der Waals surface area contributed by atoms with Crippen molar-refractivity contribution in [3.8, 4) is 0 Å². The maximum atomic E-state index is 12.7. The lowest BCUT2D eigenvalue weighted by Crippen LogP contribution is -2.44. The van der Waals surface area contributed by atoms with Gasteiger partial charge in [0.05, 0.1) is 24.5 Å². The van der Waals surface area contributed by atoms with Crippen molar-refractivity contribution in [1.82, 2.24) is 24.7 Å². The van der Waals surface area contributed by atoms with Crippen LogP contribution in [-0.4, -0.2) is 43.7 Å². The van der Waals surface area contributed by atoms with Gasteiger partial charge in [0.15, 0.2) is 5.82 Å². The Labute approximate surface area is 188 Å². The summed E-state index contributed by atoms with van der Waals surface area (Å²) in [5.41, 5.74) is 1.77. The number of nitrogens with zero attached hydrogens (tertiary/aromatic N) is 6. The van der Waals surface area contributed by atoms with E-state index in [4.69, 9.17) is 0 Å². The minimum Gasteiger partial charge on any atom is -0.348 e. The first-order chi connectivity index (χ1) is 15.5. The molecule has 0 unspecified atom stereocenters. The molecule has 9 nitrogen and oxygen atoms in total. The summed E-state index contributed by atoms with van der Waals surface area (Å²) >= 11 is 0. The number of anilines is 3. The Morgan fingerprint density at radius 1 is 1.24 bits per heavy atom. The summed E-state index contributed by atoms with van der Waals surface area (Å²) in [7, 11) is 1.81. The molecule has 4 rings (SSSR count). The van der Waals surface area contributed by atoms with E-state index in [0.717, 1.165) is 11.6 Å². The van der Waals surface area contributed by atoms with E-state index < -0.39 is 11.9 Å². The van der Waals surface area contributed by atoms with Gasteiger partial charge in [-0.3, -0.25) is 14.5 Å². The number of nitrogens with one attached hydrogen (secondary N) is 2. The number of alkyl halides is 3. The number of hydrogen-bond donors (Lipinski definition) is 2. The Bertz CT molecular complexity index is 1180. The highest BCUT2D eigenvalue weighted by Crippen LogP contribution is 2.33. The van der Waals surface area contributed by atoms with Crippen LogP contribution in [0.15, 0.2) is 30.7 Å². The molecule has 2 atom stereocenters. The van der Waals surface area contributed by atoms with Crippen molar-refractivity contribution < 1.29 is 18.0 Å². The average Bonchev–Trinajstić information content (AvgIpc) is 3.21. The Morgan fingerprint density at radius 3 is 2.67 bits per heavy atom. The third-order valence-corrected chi connectivity index (χ3v) is 5.57. The van der Waals surface area contributed by atoms with Crippen LogP contribution in [0.2, 0.25) is 0 Å². The number of rotatable bonds is 5. The second-order valence-electron chi connectivity index (χ2n) is 7.99. The molecule has 0 spiro atoms. The van der Waals surface area contributed by atoms with Crippen LogP contribution >= 0.6 is 0 Å². The fourth-order valence-electron chi connectivity index (χ4n) is 3.45. The number of carbonyl (C=O) groups is 1. The number of hydrogen-bond acceptors (Lipinski definition) is 7. The van der Waals surface area contributed by atoms with Crippen LogP contribution in [0, 0.1) is 6.92 Å². The van der Waals surface area contributed by atoms with Gasteiger partial charge in [-0.05, 0) is 32.4 Å². The number of aryl methyl sites for hydroxylation is 1. The molecule has 0 aromatic carbocycles. The number of aromatic nitrogens is 5. The standard InChI is InChI=1S/C21H23F3N8O/c1-11(27-20-28-12(2)17-18(30-20)31(4)13(3)19(33)29-17)15-8-26-32(10-15)9-14-5-6-16(25-7-14)21(22,23)24/h5-8,10-11,13H,9H2,1-4H3,(H,29,33)(H,27,28,30)/t11-,13+/m1/s1. The lowest BCUT2D eigenvalue weighted by atomic mass is 10.1. The maximum absolute atomic E-state index is 12.7. The molecule has 1 aliphatic rings. The van der Waals surface area contributed by atoms with Gasteiger partial charge in [-0.25, -0.2) is 4.98 Å². The molecule has 12 heteroatoms. The van der Waals surface area contributed by atoms with Gasteiger partial charge in [0.1, 0.15) is 17.4 Å². The minimum atomic E-state index is -4.46. The number of carbonyl (C=O) groups excluding carboxylic acids is 1. The first-order valence-corrected chi connectivity index (χ1v) is 10.3. The van der Waals surface area contributed by atoms with Crippen molar-refractivity contribution in [1.29, 1.82) is 0 Å². The zero-order chi connectivity index (χ0) is 23.9. The highest BCUT2D eigenvalue weighted by molar-refractivity contribution is 6.03. The van der Waals surface area contributed by atoms with Crippen molar-refractivity contribution in [2.75, 3.05) is 22.6 Å². The van der Waals surface area contributed by atoms with Crippen molar-refractivity contribution >= 4 is 23.4 Å². The van der Waals surface area contributed by atoms with Gasteiger partial charge in [0.25, 0.3) is 0 Å². The summed E-state index contributed by atoms with van der Waals surface area (Å²) in [6, 6.07) is 1.80. The molecule has 2 N–H and O–H groups in total. The molecule has 0 saturated heterocycles. The van der Waals surface area contributed by atoms with Crippen LogP contribution in [0.1, 0.15) is 42.4 Å². The van der Waals surface area contributed by atoms with Crippen LogP contribution in [0.5, 0.6) is 0 Å². The zero-order valence-electron chi connectivity index (χ0n) is 18.5. The van der Waals surface area contributed by atoms with E-state index in [1.165, 1.54) is 12.3 Å². The second-order valence-corrected chi connectivity index (χ2v) is 7.99. The lowest BCUT2D eigenvalue weighted by molar-refractivity contribution is -0.141. The first kappa shape index (κ1) is 22.5. The van der Waals surface area contributed by atoms with E-state index in [-0.39, 0.29) is 24.5 Å². The van der Waals surface area contributed by atoms with Crippen LogP contribution in [-0.2, 0) is 17.5 Å². The quantitative estimate of drug-likeness (QED) is 0.602. The first-order valence-electron chi connectivity index (χ1n) is 10.3. The number of likely N-dealkylation sites (N-methyl/N-ethyl adjacent to an activating group) is 1. The second kappa shape index (κ2) is 8.34. The smallest absolute Gasteiger partial charge is 0.348 e. The SMILES string of the molecule is Cc1nc(N[C@H](C)c2cnn(Cc3ccc(C(F)(F)F)nc3)c2)nc2c1NC(=O)[C@H](C)N2C. The minimum absolute atomic E-state index is 0.110. The van der Waals surface area contributed by atoms with Gasteiger partial charge < -0.3 is 15.5 Å². The fourth-order valence-corrected chi connectivity index (χ4v) is 3.45.